The summed E-state index contributed by atoms with van der Waals surface area (Å²) < 4.78 is 10.5. The van der Waals surface area contributed by atoms with E-state index in [1.165, 1.54) is 0 Å². The van der Waals surface area contributed by atoms with Crippen molar-refractivity contribution in [1.82, 2.24) is 5.48 Å². The van der Waals surface area contributed by atoms with Crippen molar-refractivity contribution in [3.8, 4) is 11.5 Å². The second kappa shape index (κ2) is 10.3. The summed E-state index contributed by atoms with van der Waals surface area (Å²) in [4.78, 5) is 24.9. The van der Waals surface area contributed by atoms with Crippen LogP contribution < -0.4 is 20.3 Å². The summed E-state index contributed by atoms with van der Waals surface area (Å²) in [6.45, 7) is 0. The molecular formula is C24H24N2O5. The molecule has 3 aromatic rings. The first-order chi connectivity index (χ1) is 15.0. The molecular weight excluding hydrogens is 396 g/mol. The maximum absolute atomic E-state index is 12.6. The number of carbonyl (C=O) groups excluding carboxylic acids is 2. The standard InChI is InChI=1S/C24H24N2O5/c1-30-20-12-11-16(13-21(20)31-2)14-22(27)25-19-10-6-9-18(15-19)23(24(28)26-29)17-7-4-3-5-8-17/h3-13,15,23,29H,14H2,1-2H3,(H,25,27)(H,26,28). The van der Waals surface area contributed by atoms with E-state index >= 15 is 0 Å². The van der Waals surface area contributed by atoms with Crippen molar-refractivity contribution >= 4 is 17.5 Å². The van der Waals surface area contributed by atoms with Gasteiger partial charge in [0.1, 0.15) is 0 Å². The quantitative estimate of drug-likeness (QED) is 0.383. The summed E-state index contributed by atoms with van der Waals surface area (Å²) in [7, 11) is 3.09. The van der Waals surface area contributed by atoms with Crippen LogP contribution in [-0.2, 0) is 16.0 Å². The highest BCUT2D eigenvalue weighted by Gasteiger charge is 2.22. The Morgan fingerprint density at radius 2 is 1.58 bits per heavy atom. The molecule has 160 valence electrons. The van der Waals surface area contributed by atoms with Gasteiger partial charge in [-0.1, -0.05) is 48.5 Å². The van der Waals surface area contributed by atoms with Crippen molar-refractivity contribution in [1.29, 1.82) is 0 Å². The molecule has 0 bridgehead atoms. The van der Waals surface area contributed by atoms with Gasteiger partial charge in [-0.2, -0.15) is 0 Å². The lowest BCUT2D eigenvalue weighted by Crippen LogP contribution is -2.27. The lowest BCUT2D eigenvalue weighted by molar-refractivity contribution is -0.129. The first-order valence-electron chi connectivity index (χ1n) is 9.65. The van der Waals surface area contributed by atoms with Crippen LogP contribution in [0, 0.1) is 0 Å². The largest absolute Gasteiger partial charge is 0.493 e. The number of carbonyl (C=O) groups is 2. The van der Waals surface area contributed by atoms with Gasteiger partial charge in [0.25, 0.3) is 5.91 Å². The van der Waals surface area contributed by atoms with Gasteiger partial charge >= 0.3 is 0 Å². The Kier molecular flexibility index (Phi) is 7.24. The van der Waals surface area contributed by atoms with Gasteiger partial charge in [-0.3, -0.25) is 14.8 Å². The predicted octanol–water partition coefficient (Wildman–Crippen LogP) is 3.52. The molecule has 31 heavy (non-hydrogen) atoms. The summed E-state index contributed by atoms with van der Waals surface area (Å²) in [5.74, 6) is -0.342. The molecule has 0 radical (unpaired) electrons. The van der Waals surface area contributed by atoms with Gasteiger partial charge in [0.15, 0.2) is 11.5 Å². The molecule has 7 heteroatoms. The van der Waals surface area contributed by atoms with Crippen LogP contribution in [0.25, 0.3) is 0 Å². The lowest BCUT2D eigenvalue weighted by atomic mass is 9.90. The Labute approximate surface area is 180 Å². The molecule has 0 saturated heterocycles. The Balaban J connectivity index is 1.78. The second-order valence-electron chi connectivity index (χ2n) is 6.86. The first-order valence-corrected chi connectivity index (χ1v) is 9.65. The van der Waals surface area contributed by atoms with Gasteiger partial charge < -0.3 is 14.8 Å². The van der Waals surface area contributed by atoms with E-state index in [2.05, 4.69) is 5.32 Å². The third-order valence-corrected chi connectivity index (χ3v) is 4.82. The Bertz CT molecular complexity index is 1050. The molecule has 0 aliphatic heterocycles. The Hall–Kier alpha value is -3.84. The predicted molar refractivity (Wildman–Crippen MR) is 117 cm³/mol. The zero-order valence-electron chi connectivity index (χ0n) is 17.3. The van der Waals surface area contributed by atoms with Gasteiger partial charge in [-0.15, -0.1) is 0 Å². The van der Waals surface area contributed by atoms with Crippen molar-refractivity contribution < 1.29 is 24.3 Å². The second-order valence-corrected chi connectivity index (χ2v) is 6.86. The van der Waals surface area contributed by atoms with Gasteiger partial charge in [-0.05, 0) is 41.0 Å². The van der Waals surface area contributed by atoms with E-state index in [-0.39, 0.29) is 12.3 Å². The monoisotopic (exact) mass is 420 g/mol. The van der Waals surface area contributed by atoms with Crippen molar-refractivity contribution in [3.05, 3.63) is 89.5 Å². The van der Waals surface area contributed by atoms with Crippen LogP contribution in [0.5, 0.6) is 11.5 Å². The number of benzene rings is 3. The van der Waals surface area contributed by atoms with Crippen molar-refractivity contribution in [2.24, 2.45) is 0 Å². The van der Waals surface area contributed by atoms with E-state index in [4.69, 9.17) is 9.47 Å². The number of anilines is 1. The van der Waals surface area contributed by atoms with E-state index in [1.807, 2.05) is 30.3 Å². The fraction of sp³-hybridized carbons (Fsp3) is 0.167. The summed E-state index contributed by atoms with van der Waals surface area (Å²) in [6, 6.07) is 21.4. The molecule has 3 aromatic carbocycles. The molecule has 1 unspecified atom stereocenters. The normalized spacial score (nSPS) is 11.3. The molecule has 0 heterocycles. The fourth-order valence-corrected chi connectivity index (χ4v) is 3.38. The fourth-order valence-electron chi connectivity index (χ4n) is 3.38. The van der Waals surface area contributed by atoms with Crippen LogP contribution in [0.4, 0.5) is 5.69 Å². The van der Waals surface area contributed by atoms with Gasteiger partial charge in [0.2, 0.25) is 5.91 Å². The van der Waals surface area contributed by atoms with E-state index in [1.54, 1.807) is 62.2 Å². The number of methoxy groups -OCH3 is 2. The number of hydrogen-bond donors (Lipinski definition) is 3. The van der Waals surface area contributed by atoms with Gasteiger partial charge in [-0.25, -0.2) is 5.48 Å². The maximum Gasteiger partial charge on any atom is 0.255 e. The first kappa shape index (κ1) is 21.9. The smallest absolute Gasteiger partial charge is 0.255 e. The van der Waals surface area contributed by atoms with Crippen LogP contribution in [0.15, 0.2) is 72.8 Å². The highest BCUT2D eigenvalue weighted by molar-refractivity contribution is 5.93. The Morgan fingerprint density at radius 1 is 0.871 bits per heavy atom. The molecule has 0 aliphatic rings. The Morgan fingerprint density at radius 3 is 2.26 bits per heavy atom. The minimum absolute atomic E-state index is 0.143. The topological polar surface area (TPSA) is 96.9 Å². The van der Waals surface area contributed by atoms with E-state index < -0.39 is 11.8 Å². The van der Waals surface area contributed by atoms with Crippen LogP contribution >= 0.6 is 0 Å². The SMILES string of the molecule is COc1ccc(CC(=O)Nc2cccc(C(C(=O)NO)c3ccccc3)c2)cc1OC. The molecule has 1 atom stereocenters. The molecule has 0 aromatic heterocycles. The number of amides is 2. The third-order valence-electron chi connectivity index (χ3n) is 4.82. The number of nitrogens with one attached hydrogen (secondary N) is 2. The van der Waals surface area contributed by atoms with Crippen molar-refractivity contribution in [2.45, 2.75) is 12.3 Å². The minimum atomic E-state index is -0.714. The van der Waals surface area contributed by atoms with Gasteiger partial charge in [0, 0.05) is 5.69 Å². The van der Waals surface area contributed by atoms with E-state index in [9.17, 15) is 14.8 Å². The van der Waals surface area contributed by atoms with E-state index in [0.717, 1.165) is 11.1 Å². The van der Waals surface area contributed by atoms with Crippen molar-refractivity contribution in [2.75, 3.05) is 19.5 Å². The summed E-state index contributed by atoms with van der Waals surface area (Å²) in [6.07, 6.45) is 0.143. The minimum Gasteiger partial charge on any atom is -0.493 e. The summed E-state index contributed by atoms with van der Waals surface area (Å²) in [5, 5.41) is 12.1. The maximum atomic E-state index is 12.6. The molecule has 0 spiro atoms. The summed E-state index contributed by atoms with van der Waals surface area (Å²) in [5.41, 5.74) is 4.41. The lowest BCUT2D eigenvalue weighted by Gasteiger charge is -2.17. The molecule has 3 rings (SSSR count). The molecule has 0 fully saturated rings. The number of ether oxygens (including phenoxy) is 2. The third kappa shape index (κ3) is 5.40. The number of hydroxylamine groups is 1. The van der Waals surface area contributed by atoms with E-state index in [0.29, 0.717) is 22.7 Å². The van der Waals surface area contributed by atoms with Gasteiger partial charge in [0.05, 0.1) is 26.6 Å². The van der Waals surface area contributed by atoms with Crippen LogP contribution in [-0.4, -0.2) is 31.2 Å². The molecule has 0 aliphatic carbocycles. The highest BCUT2D eigenvalue weighted by atomic mass is 16.5. The zero-order chi connectivity index (χ0) is 22.2. The number of hydrogen-bond acceptors (Lipinski definition) is 5. The number of rotatable bonds is 8. The molecule has 7 nitrogen and oxygen atoms in total. The van der Waals surface area contributed by atoms with Crippen LogP contribution in [0.2, 0.25) is 0 Å². The highest BCUT2D eigenvalue weighted by Crippen LogP contribution is 2.29. The zero-order valence-corrected chi connectivity index (χ0v) is 17.3. The van der Waals surface area contributed by atoms with Crippen molar-refractivity contribution in [3.63, 3.8) is 0 Å². The molecule has 2 amide bonds. The van der Waals surface area contributed by atoms with Crippen LogP contribution in [0.1, 0.15) is 22.6 Å². The molecule has 3 N–H and O–H groups in total. The average Bonchev–Trinajstić information content (AvgIpc) is 2.80. The average molecular weight is 420 g/mol. The van der Waals surface area contributed by atoms with Crippen LogP contribution in [0.3, 0.4) is 0 Å². The molecule has 0 saturated carbocycles. The summed E-state index contributed by atoms with van der Waals surface area (Å²) >= 11 is 0.